The minimum atomic E-state index is -4.67. The smallest absolute Gasteiger partial charge is 0.382 e. The average molecular weight is 356 g/mol. The van der Waals surface area contributed by atoms with E-state index in [1.54, 1.807) is 12.3 Å². The number of halogens is 4. The van der Waals surface area contributed by atoms with E-state index < -0.39 is 18.8 Å². The van der Waals surface area contributed by atoms with Crippen molar-refractivity contribution < 1.29 is 18.3 Å². The molecule has 24 heavy (non-hydrogen) atoms. The van der Waals surface area contributed by atoms with Gasteiger partial charge >= 0.3 is 6.18 Å². The van der Waals surface area contributed by atoms with Crippen LogP contribution >= 0.6 is 11.6 Å². The predicted molar refractivity (Wildman–Crippen MR) is 84.8 cm³/mol. The molecular formula is C16H13ClF3N3O. The van der Waals surface area contributed by atoms with Crippen LogP contribution in [0.1, 0.15) is 5.56 Å². The van der Waals surface area contributed by atoms with Gasteiger partial charge in [-0.15, -0.1) is 0 Å². The number of nitrogens with zero attached hydrogens (tertiary/aromatic N) is 3. The van der Waals surface area contributed by atoms with E-state index in [9.17, 15) is 13.2 Å². The Morgan fingerprint density at radius 3 is 2.67 bits per heavy atom. The van der Waals surface area contributed by atoms with Crippen molar-refractivity contribution in [3.8, 4) is 11.1 Å². The molecule has 1 aromatic carbocycles. The van der Waals surface area contributed by atoms with Crippen LogP contribution in [0.4, 0.5) is 13.2 Å². The molecule has 2 aromatic heterocycles. The minimum Gasteiger partial charge on any atom is -0.382 e. The molecule has 0 bridgehead atoms. The summed E-state index contributed by atoms with van der Waals surface area (Å²) in [7, 11) is 0. The summed E-state index contributed by atoms with van der Waals surface area (Å²) in [5.41, 5.74) is 2.42. The molecule has 0 saturated heterocycles. The third kappa shape index (κ3) is 3.37. The van der Waals surface area contributed by atoms with Gasteiger partial charge in [-0.3, -0.25) is 4.68 Å². The van der Waals surface area contributed by atoms with Crippen molar-refractivity contribution in [3.05, 3.63) is 47.5 Å². The van der Waals surface area contributed by atoms with Crippen molar-refractivity contribution in [1.29, 1.82) is 0 Å². The van der Waals surface area contributed by atoms with Gasteiger partial charge in [0.15, 0.2) is 6.10 Å². The number of fused-ring (bicyclic) bond motifs is 1. The highest BCUT2D eigenvalue weighted by molar-refractivity contribution is 6.30. The molecule has 1 atom stereocenters. The lowest BCUT2D eigenvalue weighted by Crippen LogP contribution is -2.32. The fraction of sp³-hybridized carbons (Fsp3) is 0.250. The van der Waals surface area contributed by atoms with Gasteiger partial charge < -0.3 is 5.11 Å². The molecule has 0 fully saturated rings. The second-order valence-electron chi connectivity index (χ2n) is 5.53. The maximum atomic E-state index is 12.4. The van der Waals surface area contributed by atoms with Crippen LogP contribution in [0.15, 0.2) is 36.8 Å². The van der Waals surface area contributed by atoms with Crippen LogP contribution in [0.5, 0.6) is 0 Å². The first kappa shape index (κ1) is 16.7. The van der Waals surface area contributed by atoms with Crippen molar-refractivity contribution in [2.75, 3.05) is 0 Å². The molecule has 0 amide bonds. The standard InChI is InChI=1S/C16H13ClF3N3O/c1-9-2-10(3-11-4-15(17)21-6-13(9)11)12-5-22-23(7-12)8-14(24)16(18,19)20/h2-7,14,24H,8H2,1H3. The number of benzene rings is 1. The fourth-order valence-electron chi connectivity index (χ4n) is 2.47. The third-order valence-corrected chi connectivity index (χ3v) is 3.92. The topological polar surface area (TPSA) is 50.9 Å². The first-order valence-corrected chi connectivity index (χ1v) is 7.45. The summed E-state index contributed by atoms with van der Waals surface area (Å²) in [5, 5.41) is 15.2. The molecule has 0 radical (unpaired) electrons. The number of aliphatic hydroxyl groups is 1. The first-order chi connectivity index (χ1) is 11.2. The van der Waals surface area contributed by atoms with Crippen LogP contribution in [0.2, 0.25) is 5.15 Å². The van der Waals surface area contributed by atoms with Crippen LogP contribution in [0, 0.1) is 6.92 Å². The number of alkyl halides is 3. The van der Waals surface area contributed by atoms with E-state index in [1.165, 1.54) is 12.4 Å². The summed E-state index contributed by atoms with van der Waals surface area (Å²) >= 11 is 5.91. The second kappa shape index (κ2) is 6.07. The summed E-state index contributed by atoms with van der Waals surface area (Å²) in [5.74, 6) is 0. The molecule has 0 aliphatic carbocycles. The summed E-state index contributed by atoms with van der Waals surface area (Å²) in [6, 6.07) is 5.50. The highest BCUT2D eigenvalue weighted by atomic mass is 35.5. The van der Waals surface area contributed by atoms with Gasteiger partial charge in [-0.1, -0.05) is 17.7 Å². The zero-order chi connectivity index (χ0) is 17.5. The normalized spacial score (nSPS) is 13.4. The largest absolute Gasteiger partial charge is 0.416 e. The van der Waals surface area contributed by atoms with Crippen molar-refractivity contribution in [2.24, 2.45) is 0 Å². The average Bonchev–Trinajstić information content (AvgIpc) is 2.94. The van der Waals surface area contributed by atoms with Crippen LogP contribution in [-0.4, -0.2) is 32.2 Å². The Hall–Kier alpha value is -2.12. The second-order valence-corrected chi connectivity index (χ2v) is 5.92. The zero-order valence-corrected chi connectivity index (χ0v) is 13.3. The third-order valence-electron chi connectivity index (χ3n) is 3.71. The van der Waals surface area contributed by atoms with E-state index in [0.29, 0.717) is 10.7 Å². The molecule has 0 aliphatic rings. The Kier molecular flexibility index (Phi) is 4.23. The summed E-state index contributed by atoms with van der Waals surface area (Å²) in [6.07, 6.45) is -2.51. The number of aryl methyl sites for hydroxylation is 1. The maximum Gasteiger partial charge on any atom is 0.416 e. The van der Waals surface area contributed by atoms with Crippen molar-refractivity contribution in [1.82, 2.24) is 14.8 Å². The molecule has 0 saturated carbocycles. The van der Waals surface area contributed by atoms with Gasteiger partial charge in [0.1, 0.15) is 5.15 Å². The molecule has 3 rings (SSSR count). The van der Waals surface area contributed by atoms with E-state index in [2.05, 4.69) is 10.1 Å². The van der Waals surface area contributed by atoms with Gasteiger partial charge in [0.2, 0.25) is 0 Å². The number of hydrogen-bond acceptors (Lipinski definition) is 3. The monoisotopic (exact) mass is 355 g/mol. The first-order valence-electron chi connectivity index (χ1n) is 7.07. The van der Waals surface area contributed by atoms with E-state index in [4.69, 9.17) is 16.7 Å². The van der Waals surface area contributed by atoms with Gasteiger partial charge in [-0.2, -0.15) is 18.3 Å². The molecule has 0 spiro atoms. The van der Waals surface area contributed by atoms with E-state index >= 15 is 0 Å². The highest BCUT2D eigenvalue weighted by Crippen LogP contribution is 2.28. The SMILES string of the molecule is Cc1cc(-c2cnn(CC(O)C(F)(F)F)c2)cc2cc(Cl)ncc12. The number of aliphatic hydroxyl groups excluding tert-OH is 1. The molecule has 2 heterocycles. The van der Waals surface area contributed by atoms with Crippen molar-refractivity contribution >= 4 is 22.4 Å². The highest BCUT2D eigenvalue weighted by Gasteiger charge is 2.38. The molecule has 126 valence electrons. The quantitative estimate of drug-likeness (QED) is 0.723. The minimum absolute atomic E-state index is 0.364. The lowest BCUT2D eigenvalue weighted by molar-refractivity contribution is -0.208. The molecule has 4 nitrogen and oxygen atoms in total. The lowest BCUT2D eigenvalue weighted by atomic mass is 10.0. The Labute approximate surface area is 140 Å². The Morgan fingerprint density at radius 1 is 1.21 bits per heavy atom. The van der Waals surface area contributed by atoms with Gasteiger partial charge in [0.05, 0.1) is 12.7 Å². The molecule has 3 aromatic rings. The van der Waals surface area contributed by atoms with E-state index in [1.807, 2.05) is 19.1 Å². The predicted octanol–water partition coefficient (Wildman–Crippen LogP) is 3.98. The summed E-state index contributed by atoms with van der Waals surface area (Å²) in [4.78, 5) is 4.04. The van der Waals surface area contributed by atoms with Crippen molar-refractivity contribution in [3.63, 3.8) is 0 Å². The lowest BCUT2D eigenvalue weighted by Gasteiger charge is -2.13. The van der Waals surface area contributed by atoms with Crippen LogP contribution < -0.4 is 0 Å². The number of rotatable bonds is 3. The van der Waals surface area contributed by atoms with Gasteiger partial charge in [-0.05, 0) is 35.6 Å². The van der Waals surface area contributed by atoms with Gasteiger partial charge in [0.25, 0.3) is 0 Å². The van der Waals surface area contributed by atoms with Crippen LogP contribution in [0.25, 0.3) is 21.9 Å². The molecule has 8 heteroatoms. The Bertz CT molecular complexity index is 892. The zero-order valence-electron chi connectivity index (χ0n) is 12.5. The Morgan fingerprint density at radius 2 is 1.96 bits per heavy atom. The van der Waals surface area contributed by atoms with Gasteiger partial charge in [0, 0.05) is 23.3 Å². The molecule has 0 aliphatic heterocycles. The number of aromatic nitrogens is 3. The number of hydrogen-bond donors (Lipinski definition) is 1. The number of pyridine rings is 1. The fourth-order valence-corrected chi connectivity index (χ4v) is 2.64. The Balaban J connectivity index is 1.94. The van der Waals surface area contributed by atoms with E-state index in [0.717, 1.165) is 26.6 Å². The van der Waals surface area contributed by atoms with Gasteiger partial charge in [-0.25, -0.2) is 4.98 Å². The molecular weight excluding hydrogens is 343 g/mol. The van der Waals surface area contributed by atoms with Crippen molar-refractivity contribution in [2.45, 2.75) is 25.7 Å². The van der Waals surface area contributed by atoms with Crippen LogP contribution in [0.3, 0.4) is 0 Å². The molecule has 1 unspecified atom stereocenters. The summed E-state index contributed by atoms with van der Waals surface area (Å²) in [6.45, 7) is 1.27. The van der Waals surface area contributed by atoms with E-state index in [-0.39, 0.29) is 0 Å². The maximum absolute atomic E-state index is 12.4. The molecule has 1 N–H and O–H groups in total. The van der Waals surface area contributed by atoms with Crippen LogP contribution in [-0.2, 0) is 6.54 Å². The summed E-state index contributed by atoms with van der Waals surface area (Å²) < 4.78 is 38.3.